The van der Waals surface area contributed by atoms with Crippen molar-refractivity contribution in [2.24, 2.45) is 0 Å². The normalized spacial score (nSPS) is 10.6. The molecule has 0 aliphatic heterocycles. The lowest BCUT2D eigenvalue weighted by atomic mass is 10.1. The number of amides is 1. The van der Waals surface area contributed by atoms with Crippen molar-refractivity contribution in [2.45, 2.75) is 13.3 Å². The molecule has 0 bridgehead atoms. The summed E-state index contributed by atoms with van der Waals surface area (Å²) >= 11 is 0. The van der Waals surface area contributed by atoms with Gasteiger partial charge >= 0.3 is 0 Å². The van der Waals surface area contributed by atoms with E-state index in [2.05, 4.69) is 20.6 Å². The highest BCUT2D eigenvalue weighted by molar-refractivity contribution is 5.95. The highest BCUT2D eigenvalue weighted by Crippen LogP contribution is 2.11. The summed E-state index contributed by atoms with van der Waals surface area (Å²) in [5, 5.41) is 13.1. The summed E-state index contributed by atoms with van der Waals surface area (Å²) in [7, 11) is 0. The van der Waals surface area contributed by atoms with Gasteiger partial charge in [-0.05, 0) is 37.1 Å². The Labute approximate surface area is 142 Å². The highest BCUT2D eigenvalue weighted by atomic mass is 19.1. The van der Waals surface area contributed by atoms with E-state index < -0.39 is 0 Å². The minimum Gasteiger partial charge on any atom is -0.352 e. The topological polar surface area (TPSA) is 92.7 Å². The maximum Gasteiger partial charge on any atom is 0.264 e. The number of H-pyrrole nitrogens is 1. The summed E-state index contributed by atoms with van der Waals surface area (Å²) in [5.74, 6) is -0.158. The number of hydrogen-bond acceptors (Lipinski definition) is 4. The zero-order valence-corrected chi connectivity index (χ0v) is 13.5. The summed E-state index contributed by atoms with van der Waals surface area (Å²) in [6.07, 6.45) is 1.97. The van der Waals surface area contributed by atoms with E-state index in [-0.39, 0.29) is 17.3 Å². The number of hydrogen-bond donors (Lipinski definition) is 2. The van der Waals surface area contributed by atoms with Gasteiger partial charge in [-0.2, -0.15) is 10.2 Å². The summed E-state index contributed by atoms with van der Waals surface area (Å²) in [5.41, 5.74) is 1.50. The maximum absolute atomic E-state index is 13.1. The van der Waals surface area contributed by atoms with Gasteiger partial charge in [0, 0.05) is 12.6 Å². The van der Waals surface area contributed by atoms with Crippen molar-refractivity contribution in [1.29, 1.82) is 0 Å². The van der Waals surface area contributed by atoms with Crippen LogP contribution in [0.15, 0.2) is 47.4 Å². The summed E-state index contributed by atoms with van der Waals surface area (Å²) in [6.45, 7) is 2.12. The third-order valence-corrected chi connectivity index (χ3v) is 3.72. The fraction of sp³-hybridized carbons (Fsp3) is 0.176. The predicted octanol–water partition coefficient (Wildman–Crippen LogP) is 1.38. The molecule has 0 saturated carbocycles. The van der Waals surface area contributed by atoms with Gasteiger partial charge < -0.3 is 5.32 Å². The molecule has 0 radical (unpaired) electrons. The molecule has 0 saturated heterocycles. The highest BCUT2D eigenvalue weighted by Gasteiger charge is 2.15. The van der Waals surface area contributed by atoms with Crippen molar-refractivity contribution in [1.82, 2.24) is 25.3 Å². The molecular formula is C17H16FN5O2. The first-order valence-corrected chi connectivity index (χ1v) is 7.68. The van der Waals surface area contributed by atoms with Crippen LogP contribution in [0.1, 0.15) is 21.6 Å². The Morgan fingerprint density at radius 2 is 2.16 bits per heavy atom. The summed E-state index contributed by atoms with van der Waals surface area (Å²) in [4.78, 5) is 23.4. The quantitative estimate of drug-likeness (QED) is 0.733. The van der Waals surface area contributed by atoms with Gasteiger partial charge in [-0.25, -0.2) is 14.2 Å². The van der Waals surface area contributed by atoms with Crippen LogP contribution in [0.2, 0.25) is 0 Å². The second-order valence-corrected chi connectivity index (χ2v) is 5.47. The molecule has 2 aromatic heterocycles. The van der Waals surface area contributed by atoms with Gasteiger partial charge in [-0.15, -0.1) is 0 Å². The van der Waals surface area contributed by atoms with Gasteiger partial charge in [-0.3, -0.25) is 9.59 Å². The first-order chi connectivity index (χ1) is 12.0. The van der Waals surface area contributed by atoms with E-state index in [4.69, 9.17) is 0 Å². The van der Waals surface area contributed by atoms with Crippen LogP contribution >= 0.6 is 0 Å². The van der Waals surface area contributed by atoms with E-state index >= 15 is 0 Å². The number of carbonyl (C=O) groups is 1. The maximum atomic E-state index is 13.1. The lowest BCUT2D eigenvalue weighted by Gasteiger charge is -2.06. The largest absolute Gasteiger partial charge is 0.352 e. The summed E-state index contributed by atoms with van der Waals surface area (Å²) < 4.78 is 14.6. The number of rotatable bonds is 5. The molecule has 0 fully saturated rings. The van der Waals surface area contributed by atoms with Crippen molar-refractivity contribution in [3.05, 3.63) is 75.6 Å². The Morgan fingerprint density at radius 1 is 1.32 bits per heavy atom. The molecule has 1 aromatic carbocycles. The number of halogens is 1. The Hall–Kier alpha value is -3.29. The molecule has 128 valence electrons. The second-order valence-electron chi connectivity index (χ2n) is 5.47. The standard InChI is InChI=1S/C17H16FN5O2/c1-11-14(10-20-23(11)15-5-6-16(24)22-21-15)17(25)19-8-7-12-3-2-4-13(18)9-12/h2-6,9-10H,7-8H2,1H3,(H,19,25)(H,22,24). The number of carbonyl (C=O) groups excluding carboxylic acids is 1. The molecule has 3 aromatic rings. The fourth-order valence-electron chi connectivity index (χ4n) is 2.43. The van der Waals surface area contributed by atoms with Crippen LogP contribution in [0.5, 0.6) is 0 Å². The third kappa shape index (κ3) is 3.79. The lowest BCUT2D eigenvalue weighted by Crippen LogP contribution is -2.26. The molecule has 0 aliphatic carbocycles. The van der Waals surface area contributed by atoms with Gasteiger partial charge in [0.2, 0.25) is 0 Å². The van der Waals surface area contributed by atoms with E-state index in [1.54, 1.807) is 19.1 Å². The lowest BCUT2D eigenvalue weighted by molar-refractivity contribution is 0.0953. The Balaban J connectivity index is 1.66. The molecule has 0 aliphatic rings. The van der Waals surface area contributed by atoms with Crippen LogP contribution in [0, 0.1) is 12.7 Å². The SMILES string of the molecule is Cc1c(C(=O)NCCc2cccc(F)c2)cnn1-c1ccc(=O)[nH]n1. The number of nitrogens with one attached hydrogen (secondary N) is 2. The van der Waals surface area contributed by atoms with Crippen molar-refractivity contribution >= 4 is 5.91 Å². The fourth-order valence-corrected chi connectivity index (χ4v) is 2.43. The smallest absolute Gasteiger partial charge is 0.264 e. The number of aromatic nitrogens is 4. The van der Waals surface area contributed by atoms with Crippen molar-refractivity contribution < 1.29 is 9.18 Å². The minimum atomic E-state index is -0.316. The monoisotopic (exact) mass is 341 g/mol. The Morgan fingerprint density at radius 3 is 2.88 bits per heavy atom. The average Bonchev–Trinajstić information content (AvgIpc) is 2.97. The molecule has 0 unspecified atom stereocenters. The number of nitrogens with zero attached hydrogens (tertiary/aromatic N) is 3. The zero-order chi connectivity index (χ0) is 17.8. The minimum absolute atomic E-state index is 0.274. The summed E-state index contributed by atoms with van der Waals surface area (Å²) in [6, 6.07) is 9.12. The Kier molecular flexibility index (Phi) is 4.69. The number of benzene rings is 1. The molecule has 0 spiro atoms. The zero-order valence-electron chi connectivity index (χ0n) is 13.5. The van der Waals surface area contributed by atoms with Gasteiger partial charge in [0.05, 0.1) is 17.5 Å². The van der Waals surface area contributed by atoms with Gasteiger partial charge in [0.1, 0.15) is 5.82 Å². The van der Waals surface area contributed by atoms with Gasteiger partial charge in [0.15, 0.2) is 5.82 Å². The van der Waals surface area contributed by atoms with E-state index in [0.717, 1.165) is 5.56 Å². The van der Waals surface area contributed by atoms with Crippen molar-refractivity contribution in [2.75, 3.05) is 6.54 Å². The molecule has 8 heteroatoms. The van der Waals surface area contributed by atoms with Crippen molar-refractivity contribution in [3.63, 3.8) is 0 Å². The van der Waals surface area contributed by atoms with Crippen LogP contribution in [-0.2, 0) is 6.42 Å². The molecule has 2 heterocycles. The molecule has 3 rings (SSSR count). The van der Waals surface area contributed by atoms with Crippen LogP contribution < -0.4 is 10.9 Å². The average molecular weight is 341 g/mol. The van der Waals surface area contributed by atoms with E-state index in [0.29, 0.717) is 30.0 Å². The third-order valence-electron chi connectivity index (χ3n) is 3.72. The second kappa shape index (κ2) is 7.08. The van der Waals surface area contributed by atoms with E-state index in [1.807, 2.05) is 0 Å². The van der Waals surface area contributed by atoms with E-state index in [1.165, 1.54) is 35.1 Å². The van der Waals surface area contributed by atoms with E-state index in [9.17, 15) is 14.0 Å². The van der Waals surface area contributed by atoms with Crippen LogP contribution in [0.3, 0.4) is 0 Å². The van der Waals surface area contributed by atoms with Gasteiger partial charge in [-0.1, -0.05) is 12.1 Å². The molecule has 7 nitrogen and oxygen atoms in total. The van der Waals surface area contributed by atoms with Crippen LogP contribution in [-0.4, -0.2) is 32.4 Å². The van der Waals surface area contributed by atoms with Crippen LogP contribution in [0.25, 0.3) is 5.82 Å². The molecule has 25 heavy (non-hydrogen) atoms. The Bertz CT molecular complexity index is 943. The van der Waals surface area contributed by atoms with Crippen molar-refractivity contribution in [3.8, 4) is 5.82 Å². The van der Waals surface area contributed by atoms with Crippen LogP contribution in [0.4, 0.5) is 4.39 Å². The molecule has 0 atom stereocenters. The molecular weight excluding hydrogens is 325 g/mol. The molecule has 2 N–H and O–H groups in total. The first kappa shape index (κ1) is 16.6. The predicted molar refractivity (Wildman–Crippen MR) is 89.2 cm³/mol. The first-order valence-electron chi connectivity index (χ1n) is 7.68. The molecule has 1 amide bonds. The number of aromatic amines is 1. The van der Waals surface area contributed by atoms with Gasteiger partial charge in [0.25, 0.3) is 11.5 Å².